The smallest absolute Gasteiger partial charge is 0.122 e. The fraction of sp³-hybridized carbons (Fsp3) is 0.182. The summed E-state index contributed by atoms with van der Waals surface area (Å²) in [6.07, 6.45) is 0. The first-order valence-electron chi connectivity index (χ1n) is 4.66. The van der Waals surface area contributed by atoms with E-state index < -0.39 is 0 Å². The highest BCUT2D eigenvalue weighted by Crippen LogP contribution is 2.17. The molecule has 0 atom stereocenters. The van der Waals surface area contributed by atoms with Crippen molar-refractivity contribution in [2.24, 2.45) is 0 Å². The first-order chi connectivity index (χ1) is 7.16. The number of rotatable bonds is 2. The van der Waals surface area contributed by atoms with Crippen LogP contribution in [-0.4, -0.2) is 9.78 Å². The monoisotopic (exact) mass is 282 g/mol. The minimum absolute atomic E-state index is 0.772. The molecule has 15 heavy (non-hydrogen) atoms. The Morgan fingerprint density at radius 2 is 2.13 bits per heavy atom. The molecule has 0 bridgehead atoms. The highest BCUT2D eigenvalue weighted by molar-refractivity contribution is 9.10. The Bertz CT molecular complexity index is 527. The zero-order chi connectivity index (χ0) is 10.8. The number of hydrogen-bond donors (Lipinski definition) is 1. The largest absolute Gasteiger partial charge is 0.302 e. The molecule has 0 saturated carbocycles. The van der Waals surface area contributed by atoms with Crippen molar-refractivity contribution < 1.29 is 0 Å². The van der Waals surface area contributed by atoms with Gasteiger partial charge < -0.3 is 5.10 Å². The molecule has 1 N–H and O–H groups in total. The Labute approximate surface area is 102 Å². The van der Waals surface area contributed by atoms with E-state index >= 15 is 0 Å². The summed E-state index contributed by atoms with van der Waals surface area (Å²) < 4.78 is 3.91. The summed E-state index contributed by atoms with van der Waals surface area (Å²) in [6, 6.07) is 10.1. The van der Waals surface area contributed by atoms with E-state index in [1.54, 1.807) is 0 Å². The van der Waals surface area contributed by atoms with Crippen molar-refractivity contribution in [1.29, 1.82) is 0 Å². The SMILES string of the molecule is Cc1cc(=S)n(Cc2ccccc2Br)[nH]1. The molecule has 0 amide bonds. The van der Waals surface area contributed by atoms with Crippen LogP contribution in [0.5, 0.6) is 0 Å². The quantitative estimate of drug-likeness (QED) is 0.834. The third-order valence-electron chi connectivity index (χ3n) is 2.20. The van der Waals surface area contributed by atoms with Crippen LogP contribution in [0.1, 0.15) is 11.3 Å². The van der Waals surface area contributed by atoms with Crippen LogP contribution in [0.3, 0.4) is 0 Å². The minimum Gasteiger partial charge on any atom is -0.302 e. The average Bonchev–Trinajstić information content (AvgIpc) is 2.49. The van der Waals surface area contributed by atoms with Gasteiger partial charge in [-0.1, -0.05) is 46.3 Å². The summed E-state index contributed by atoms with van der Waals surface area (Å²) in [7, 11) is 0. The Morgan fingerprint density at radius 1 is 1.40 bits per heavy atom. The predicted molar refractivity (Wildman–Crippen MR) is 67.6 cm³/mol. The van der Waals surface area contributed by atoms with Gasteiger partial charge in [0.1, 0.15) is 4.64 Å². The molecule has 1 aromatic heterocycles. The molecule has 0 unspecified atom stereocenters. The van der Waals surface area contributed by atoms with Crippen molar-refractivity contribution >= 4 is 28.1 Å². The Hall–Kier alpha value is -0.870. The molecule has 2 aromatic rings. The second-order valence-electron chi connectivity index (χ2n) is 3.45. The maximum absolute atomic E-state index is 5.23. The van der Waals surface area contributed by atoms with Gasteiger partial charge >= 0.3 is 0 Å². The van der Waals surface area contributed by atoms with Crippen molar-refractivity contribution in [3.05, 3.63) is 50.7 Å². The number of hydrogen-bond acceptors (Lipinski definition) is 1. The van der Waals surface area contributed by atoms with Crippen LogP contribution in [0.2, 0.25) is 0 Å². The van der Waals surface area contributed by atoms with Crippen LogP contribution in [0, 0.1) is 11.6 Å². The van der Waals surface area contributed by atoms with Crippen LogP contribution in [0.15, 0.2) is 34.8 Å². The number of aryl methyl sites for hydroxylation is 1. The van der Waals surface area contributed by atoms with Crippen molar-refractivity contribution in [2.75, 3.05) is 0 Å². The van der Waals surface area contributed by atoms with Gasteiger partial charge in [0.15, 0.2) is 0 Å². The van der Waals surface area contributed by atoms with Crippen molar-refractivity contribution in [3.63, 3.8) is 0 Å². The summed E-state index contributed by atoms with van der Waals surface area (Å²) in [4.78, 5) is 0. The third-order valence-corrected chi connectivity index (χ3v) is 3.32. The van der Waals surface area contributed by atoms with E-state index in [4.69, 9.17) is 12.2 Å². The first kappa shape index (κ1) is 10.6. The highest BCUT2D eigenvalue weighted by atomic mass is 79.9. The maximum Gasteiger partial charge on any atom is 0.122 e. The zero-order valence-electron chi connectivity index (χ0n) is 8.33. The maximum atomic E-state index is 5.23. The molecule has 0 radical (unpaired) electrons. The number of nitrogens with zero attached hydrogens (tertiary/aromatic N) is 1. The van der Waals surface area contributed by atoms with Crippen LogP contribution < -0.4 is 0 Å². The van der Waals surface area contributed by atoms with Gasteiger partial charge in [-0.05, 0) is 24.6 Å². The number of aromatic nitrogens is 2. The van der Waals surface area contributed by atoms with E-state index in [1.807, 2.05) is 35.9 Å². The lowest BCUT2D eigenvalue weighted by Crippen LogP contribution is -2.02. The number of halogens is 1. The molecular formula is C11H11BrN2S. The number of benzene rings is 1. The molecule has 4 heteroatoms. The molecule has 0 aliphatic carbocycles. The summed E-state index contributed by atoms with van der Waals surface area (Å²) in [5.74, 6) is 0. The Kier molecular flexibility index (Phi) is 3.07. The Morgan fingerprint density at radius 3 is 2.73 bits per heavy atom. The summed E-state index contributed by atoms with van der Waals surface area (Å²) in [5.41, 5.74) is 2.31. The fourth-order valence-corrected chi connectivity index (χ4v) is 2.17. The molecule has 0 saturated heterocycles. The lowest BCUT2D eigenvalue weighted by molar-refractivity contribution is 0.669. The highest BCUT2D eigenvalue weighted by Gasteiger charge is 2.01. The molecule has 0 spiro atoms. The number of aromatic amines is 1. The van der Waals surface area contributed by atoms with Crippen LogP contribution in [-0.2, 0) is 6.54 Å². The zero-order valence-corrected chi connectivity index (χ0v) is 10.7. The standard InChI is InChI=1S/C11H11BrN2S/c1-8-6-11(15)14(13-8)7-9-4-2-3-5-10(9)12/h2-6,13H,7H2,1H3. The molecule has 0 aliphatic heterocycles. The van der Waals surface area contributed by atoms with Gasteiger partial charge in [0.25, 0.3) is 0 Å². The summed E-state index contributed by atoms with van der Waals surface area (Å²) in [6.45, 7) is 2.78. The van der Waals surface area contributed by atoms with Crippen LogP contribution >= 0.6 is 28.1 Å². The van der Waals surface area contributed by atoms with Gasteiger partial charge in [0, 0.05) is 10.2 Å². The lowest BCUT2D eigenvalue weighted by Gasteiger charge is -2.05. The Balaban J connectivity index is 2.34. The fourth-order valence-electron chi connectivity index (χ4n) is 1.48. The molecule has 1 aromatic carbocycles. The topological polar surface area (TPSA) is 20.7 Å². The average molecular weight is 283 g/mol. The van der Waals surface area contributed by atoms with E-state index in [0.717, 1.165) is 21.4 Å². The molecule has 2 nitrogen and oxygen atoms in total. The lowest BCUT2D eigenvalue weighted by atomic mass is 10.2. The van der Waals surface area contributed by atoms with Gasteiger partial charge in [-0.2, -0.15) is 0 Å². The second kappa shape index (κ2) is 4.33. The molecule has 2 rings (SSSR count). The van der Waals surface area contributed by atoms with E-state index in [-0.39, 0.29) is 0 Å². The normalized spacial score (nSPS) is 10.5. The number of H-pyrrole nitrogens is 1. The van der Waals surface area contributed by atoms with E-state index in [2.05, 4.69) is 27.1 Å². The van der Waals surface area contributed by atoms with Crippen molar-refractivity contribution in [3.8, 4) is 0 Å². The van der Waals surface area contributed by atoms with E-state index in [9.17, 15) is 0 Å². The second-order valence-corrected chi connectivity index (χ2v) is 4.73. The van der Waals surface area contributed by atoms with Gasteiger partial charge in [0.05, 0.1) is 6.54 Å². The van der Waals surface area contributed by atoms with Crippen molar-refractivity contribution in [2.45, 2.75) is 13.5 Å². The molecule has 0 fully saturated rings. The third kappa shape index (κ3) is 2.38. The molecule has 0 aliphatic rings. The van der Waals surface area contributed by atoms with Gasteiger partial charge in [-0.15, -0.1) is 0 Å². The van der Waals surface area contributed by atoms with Crippen LogP contribution in [0.4, 0.5) is 0 Å². The molecule has 78 valence electrons. The molecule has 1 heterocycles. The van der Waals surface area contributed by atoms with Gasteiger partial charge in [-0.25, -0.2) is 0 Å². The minimum atomic E-state index is 0.772. The van der Waals surface area contributed by atoms with Gasteiger partial charge in [-0.3, -0.25) is 4.68 Å². The van der Waals surface area contributed by atoms with Crippen LogP contribution in [0.25, 0.3) is 0 Å². The summed E-state index contributed by atoms with van der Waals surface area (Å²) in [5, 5.41) is 3.21. The van der Waals surface area contributed by atoms with Crippen molar-refractivity contribution in [1.82, 2.24) is 9.78 Å². The predicted octanol–water partition coefficient (Wildman–Crippen LogP) is 3.66. The van der Waals surface area contributed by atoms with E-state index in [0.29, 0.717) is 0 Å². The summed E-state index contributed by atoms with van der Waals surface area (Å²) >= 11 is 8.76. The van der Waals surface area contributed by atoms with Gasteiger partial charge in [0.2, 0.25) is 0 Å². The van der Waals surface area contributed by atoms with E-state index in [1.165, 1.54) is 5.56 Å². The first-order valence-corrected chi connectivity index (χ1v) is 5.87. The molecular weight excluding hydrogens is 272 g/mol. The number of nitrogens with one attached hydrogen (secondary N) is 1.